The molecule has 1 saturated carbocycles. The van der Waals surface area contributed by atoms with Gasteiger partial charge in [-0.3, -0.25) is 0 Å². The Bertz CT molecular complexity index is 602. The summed E-state index contributed by atoms with van der Waals surface area (Å²) in [7, 11) is 0. The van der Waals surface area contributed by atoms with E-state index in [1.54, 1.807) is 11.8 Å². The second kappa shape index (κ2) is 5.78. The highest BCUT2D eigenvalue weighted by atomic mass is 32.2. The van der Waals surface area contributed by atoms with Crippen LogP contribution in [0.5, 0.6) is 0 Å². The van der Waals surface area contributed by atoms with Crippen LogP contribution in [0, 0.1) is 0 Å². The molecule has 20 heavy (non-hydrogen) atoms. The van der Waals surface area contributed by atoms with Crippen LogP contribution in [-0.2, 0) is 18.7 Å². The zero-order valence-corrected chi connectivity index (χ0v) is 12.3. The van der Waals surface area contributed by atoms with Gasteiger partial charge in [-0.05, 0) is 12.8 Å². The molecule has 0 saturated heterocycles. The second-order valence-electron chi connectivity index (χ2n) is 4.76. The van der Waals surface area contributed by atoms with Gasteiger partial charge in [0.1, 0.15) is 5.82 Å². The minimum atomic E-state index is 0.576. The number of allylic oxidation sites excluding steroid dienone is 1. The summed E-state index contributed by atoms with van der Waals surface area (Å²) >= 11 is 1.58. The number of thioether (sulfide) groups is 1. The molecule has 0 unspecified atom stereocenters. The van der Waals surface area contributed by atoms with Crippen molar-refractivity contribution in [3.8, 4) is 0 Å². The van der Waals surface area contributed by atoms with Gasteiger partial charge in [-0.1, -0.05) is 29.9 Å². The van der Waals surface area contributed by atoms with Crippen LogP contribution in [-0.4, -0.2) is 24.9 Å². The smallest absolute Gasteiger partial charge is 0.237 e. The predicted octanol–water partition coefficient (Wildman–Crippen LogP) is 2.58. The Morgan fingerprint density at radius 2 is 2.30 bits per heavy atom. The van der Waals surface area contributed by atoms with Crippen LogP contribution in [0.1, 0.15) is 43.2 Å². The molecule has 7 heteroatoms. The van der Waals surface area contributed by atoms with Crippen LogP contribution in [0.2, 0.25) is 0 Å². The number of nitrogens with zero attached hydrogens (tertiary/aromatic N) is 5. The van der Waals surface area contributed by atoms with E-state index in [2.05, 4.69) is 31.5 Å². The fourth-order valence-electron chi connectivity index (χ4n) is 1.97. The van der Waals surface area contributed by atoms with E-state index in [1.807, 2.05) is 13.0 Å². The molecule has 1 aliphatic carbocycles. The van der Waals surface area contributed by atoms with Crippen molar-refractivity contribution in [3.63, 3.8) is 0 Å². The highest BCUT2D eigenvalue weighted by Gasteiger charge is 2.30. The van der Waals surface area contributed by atoms with E-state index in [-0.39, 0.29) is 0 Å². The van der Waals surface area contributed by atoms with Gasteiger partial charge < -0.3 is 9.09 Å². The molecule has 0 N–H and O–H groups in total. The first kappa shape index (κ1) is 13.4. The van der Waals surface area contributed by atoms with E-state index >= 15 is 0 Å². The van der Waals surface area contributed by atoms with E-state index in [0.29, 0.717) is 17.6 Å². The average molecular weight is 291 g/mol. The molecule has 3 rings (SSSR count). The number of aryl methyl sites for hydroxylation is 1. The van der Waals surface area contributed by atoms with Gasteiger partial charge in [0.05, 0.1) is 5.75 Å². The van der Waals surface area contributed by atoms with Gasteiger partial charge in [-0.2, -0.15) is 4.98 Å². The summed E-state index contributed by atoms with van der Waals surface area (Å²) in [5.74, 6) is 3.64. The highest BCUT2D eigenvalue weighted by molar-refractivity contribution is 7.98. The molecule has 0 aromatic carbocycles. The SMILES string of the molecule is C=CCn1c(SCc2nc(CC)no2)nnc1C1CC1. The van der Waals surface area contributed by atoms with Gasteiger partial charge in [0.15, 0.2) is 11.0 Å². The van der Waals surface area contributed by atoms with Gasteiger partial charge in [-0.15, -0.1) is 16.8 Å². The molecule has 1 aliphatic rings. The lowest BCUT2D eigenvalue weighted by Crippen LogP contribution is -2.02. The summed E-state index contributed by atoms with van der Waals surface area (Å²) in [5, 5.41) is 13.4. The molecule has 0 atom stereocenters. The van der Waals surface area contributed by atoms with Gasteiger partial charge in [0, 0.05) is 18.9 Å². The molecule has 2 aromatic heterocycles. The first-order valence-electron chi connectivity index (χ1n) is 6.80. The van der Waals surface area contributed by atoms with Gasteiger partial charge in [-0.25, -0.2) is 0 Å². The summed E-state index contributed by atoms with van der Waals surface area (Å²) in [4.78, 5) is 4.30. The number of hydrogen-bond acceptors (Lipinski definition) is 6. The maximum Gasteiger partial charge on any atom is 0.237 e. The average Bonchev–Trinajstić information content (AvgIpc) is 3.07. The molecular formula is C13H17N5OS. The quantitative estimate of drug-likeness (QED) is 0.577. The van der Waals surface area contributed by atoms with Crippen LogP contribution < -0.4 is 0 Å². The number of hydrogen-bond donors (Lipinski definition) is 0. The standard InChI is InChI=1S/C13H17N5OS/c1-3-7-18-12(9-5-6-9)15-16-13(18)20-8-11-14-10(4-2)17-19-11/h3,9H,1,4-8H2,2H3. The minimum Gasteiger partial charge on any atom is -0.338 e. The lowest BCUT2D eigenvalue weighted by atomic mass is 10.4. The summed E-state index contributed by atoms with van der Waals surface area (Å²) < 4.78 is 7.32. The molecule has 0 bridgehead atoms. The Hall–Kier alpha value is -1.63. The topological polar surface area (TPSA) is 69.6 Å². The zero-order valence-electron chi connectivity index (χ0n) is 11.4. The van der Waals surface area contributed by atoms with Gasteiger partial charge in [0.2, 0.25) is 5.89 Å². The summed E-state index contributed by atoms with van der Waals surface area (Å²) in [6.07, 6.45) is 5.08. The van der Waals surface area contributed by atoms with Crippen molar-refractivity contribution >= 4 is 11.8 Å². The lowest BCUT2D eigenvalue weighted by molar-refractivity contribution is 0.385. The normalized spacial score (nSPS) is 14.7. The third-order valence-electron chi connectivity index (χ3n) is 3.15. The Morgan fingerprint density at radius 1 is 1.45 bits per heavy atom. The molecule has 0 spiro atoms. The van der Waals surface area contributed by atoms with Gasteiger partial charge >= 0.3 is 0 Å². The van der Waals surface area contributed by atoms with Crippen molar-refractivity contribution in [1.82, 2.24) is 24.9 Å². The third-order valence-corrected chi connectivity index (χ3v) is 4.10. The molecule has 106 valence electrons. The third kappa shape index (κ3) is 2.77. The van der Waals surface area contributed by atoms with Crippen molar-refractivity contribution in [2.45, 2.75) is 49.6 Å². The fourth-order valence-corrected chi connectivity index (χ4v) is 2.76. The van der Waals surface area contributed by atoms with Crippen molar-refractivity contribution < 1.29 is 4.52 Å². The summed E-state index contributed by atoms with van der Waals surface area (Å²) in [5.41, 5.74) is 0. The van der Waals surface area contributed by atoms with Crippen LogP contribution in [0.4, 0.5) is 0 Å². The predicted molar refractivity (Wildman–Crippen MR) is 75.4 cm³/mol. The van der Waals surface area contributed by atoms with Crippen molar-refractivity contribution in [2.75, 3.05) is 0 Å². The number of rotatable bonds is 7. The van der Waals surface area contributed by atoms with Crippen molar-refractivity contribution in [2.24, 2.45) is 0 Å². The largest absolute Gasteiger partial charge is 0.338 e. The Balaban J connectivity index is 1.71. The Labute approximate surface area is 121 Å². The van der Waals surface area contributed by atoms with E-state index in [1.165, 1.54) is 12.8 Å². The van der Waals surface area contributed by atoms with Crippen molar-refractivity contribution in [1.29, 1.82) is 0 Å². The summed E-state index contributed by atoms with van der Waals surface area (Å²) in [6, 6.07) is 0. The summed E-state index contributed by atoms with van der Waals surface area (Å²) in [6.45, 7) is 6.55. The zero-order chi connectivity index (χ0) is 13.9. The first-order chi connectivity index (χ1) is 9.81. The first-order valence-corrected chi connectivity index (χ1v) is 7.78. The molecule has 0 aliphatic heterocycles. The second-order valence-corrected chi connectivity index (χ2v) is 5.70. The maximum atomic E-state index is 5.18. The molecule has 1 fully saturated rings. The molecule has 2 aromatic rings. The minimum absolute atomic E-state index is 0.576. The molecule has 2 heterocycles. The van der Waals surface area contributed by atoms with E-state index in [4.69, 9.17) is 4.52 Å². The van der Waals surface area contributed by atoms with Crippen LogP contribution in [0.25, 0.3) is 0 Å². The van der Waals surface area contributed by atoms with Crippen molar-refractivity contribution in [3.05, 3.63) is 30.2 Å². The monoisotopic (exact) mass is 291 g/mol. The molecule has 0 amide bonds. The van der Waals surface area contributed by atoms with Crippen LogP contribution in [0.3, 0.4) is 0 Å². The van der Waals surface area contributed by atoms with Crippen LogP contribution >= 0.6 is 11.8 Å². The molecule has 6 nitrogen and oxygen atoms in total. The van der Waals surface area contributed by atoms with E-state index < -0.39 is 0 Å². The Morgan fingerprint density at radius 3 is 2.95 bits per heavy atom. The molecule has 0 radical (unpaired) electrons. The van der Waals surface area contributed by atoms with Crippen LogP contribution in [0.15, 0.2) is 22.3 Å². The van der Waals surface area contributed by atoms with E-state index in [9.17, 15) is 0 Å². The maximum absolute atomic E-state index is 5.18. The molecular weight excluding hydrogens is 274 g/mol. The fraction of sp³-hybridized carbons (Fsp3) is 0.538. The highest BCUT2D eigenvalue weighted by Crippen LogP contribution is 2.40. The van der Waals surface area contributed by atoms with E-state index in [0.717, 1.165) is 29.8 Å². The Kier molecular flexibility index (Phi) is 3.86. The number of aromatic nitrogens is 5. The lowest BCUT2D eigenvalue weighted by Gasteiger charge is -2.05. The van der Waals surface area contributed by atoms with Gasteiger partial charge in [0.25, 0.3) is 0 Å².